The molecule has 0 radical (unpaired) electrons. The smallest absolute Gasteiger partial charge is 0.0678 e. The van der Waals surface area contributed by atoms with Crippen LogP contribution in [0.5, 0.6) is 0 Å². The van der Waals surface area contributed by atoms with Gasteiger partial charge in [-0.15, -0.1) is 0 Å². The monoisotopic (exact) mass is 242 g/mol. The van der Waals surface area contributed by atoms with Gasteiger partial charge in [0, 0.05) is 25.7 Å². The Morgan fingerprint density at radius 1 is 1.29 bits per heavy atom. The molecule has 2 N–H and O–H groups in total. The lowest BCUT2D eigenvalue weighted by Crippen LogP contribution is -2.58. The van der Waals surface area contributed by atoms with Gasteiger partial charge in [-0.1, -0.05) is 0 Å². The largest absolute Gasteiger partial charge is 0.394 e. The number of morpholine rings is 1. The molecular formula is C13H26N2O2. The average molecular weight is 242 g/mol. The Kier molecular flexibility index (Phi) is 4.08. The fraction of sp³-hybridized carbons (Fsp3) is 1.00. The van der Waals surface area contributed by atoms with Gasteiger partial charge in [0.1, 0.15) is 0 Å². The van der Waals surface area contributed by atoms with E-state index in [1.54, 1.807) is 0 Å². The first-order valence-corrected chi connectivity index (χ1v) is 6.77. The highest BCUT2D eigenvalue weighted by Crippen LogP contribution is 2.23. The van der Waals surface area contributed by atoms with E-state index in [4.69, 9.17) is 4.74 Å². The normalized spacial score (nSPS) is 34.6. The van der Waals surface area contributed by atoms with Crippen molar-refractivity contribution in [2.75, 3.05) is 26.2 Å². The van der Waals surface area contributed by atoms with Crippen molar-refractivity contribution in [1.82, 2.24) is 10.2 Å². The molecule has 2 aliphatic rings. The highest BCUT2D eigenvalue weighted by molar-refractivity contribution is 4.95. The third-order valence-corrected chi connectivity index (χ3v) is 3.55. The first-order chi connectivity index (χ1) is 8.00. The van der Waals surface area contributed by atoms with Crippen molar-refractivity contribution in [1.29, 1.82) is 0 Å². The Morgan fingerprint density at radius 2 is 1.88 bits per heavy atom. The molecule has 4 nitrogen and oxygen atoms in total. The van der Waals surface area contributed by atoms with Crippen molar-refractivity contribution < 1.29 is 9.84 Å². The first kappa shape index (κ1) is 13.3. The molecule has 1 aliphatic carbocycles. The minimum Gasteiger partial charge on any atom is -0.394 e. The van der Waals surface area contributed by atoms with E-state index in [1.807, 2.05) is 0 Å². The summed E-state index contributed by atoms with van der Waals surface area (Å²) in [6.07, 6.45) is 3.10. The molecule has 0 aromatic heterocycles. The zero-order chi connectivity index (χ0) is 12.5. The van der Waals surface area contributed by atoms with E-state index >= 15 is 0 Å². The van der Waals surface area contributed by atoms with Crippen molar-refractivity contribution in [2.24, 2.45) is 0 Å². The molecule has 0 aromatic carbocycles. The quantitative estimate of drug-likeness (QED) is 0.741. The van der Waals surface area contributed by atoms with Gasteiger partial charge in [-0.25, -0.2) is 0 Å². The first-order valence-electron chi connectivity index (χ1n) is 6.77. The van der Waals surface area contributed by atoms with Gasteiger partial charge in [0.2, 0.25) is 0 Å². The second-order valence-electron chi connectivity index (χ2n) is 6.09. The topological polar surface area (TPSA) is 44.7 Å². The Labute approximate surface area is 104 Å². The van der Waals surface area contributed by atoms with E-state index in [-0.39, 0.29) is 12.1 Å². The molecule has 17 heavy (non-hydrogen) atoms. The summed E-state index contributed by atoms with van der Waals surface area (Å²) in [5.74, 6) is 0. The van der Waals surface area contributed by atoms with Crippen molar-refractivity contribution >= 4 is 0 Å². The van der Waals surface area contributed by atoms with Crippen LogP contribution in [0.4, 0.5) is 0 Å². The number of aliphatic hydroxyl groups excluding tert-OH is 1. The molecule has 2 fully saturated rings. The molecular weight excluding hydrogens is 216 g/mol. The molecule has 0 spiro atoms. The Bertz CT molecular complexity index is 248. The highest BCUT2D eigenvalue weighted by atomic mass is 16.5. The fourth-order valence-corrected chi connectivity index (χ4v) is 2.77. The van der Waals surface area contributed by atoms with Crippen LogP contribution < -0.4 is 5.32 Å². The van der Waals surface area contributed by atoms with E-state index in [0.717, 1.165) is 19.6 Å². The molecule has 4 heteroatoms. The van der Waals surface area contributed by atoms with Crippen LogP contribution >= 0.6 is 0 Å². The number of ether oxygens (including phenoxy) is 1. The van der Waals surface area contributed by atoms with Crippen LogP contribution in [-0.4, -0.2) is 60.0 Å². The van der Waals surface area contributed by atoms with Crippen LogP contribution in [0.25, 0.3) is 0 Å². The summed E-state index contributed by atoms with van der Waals surface area (Å²) in [7, 11) is 0. The predicted molar refractivity (Wildman–Crippen MR) is 68.1 cm³/mol. The standard InChI is InChI=1S/C13H26N2O2/c1-10-6-15(7-11(2)17-10)8-13(3,9-16)14-12-4-5-12/h10-12,14,16H,4-9H2,1-3H3. The van der Waals surface area contributed by atoms with E-state index < -0.39 is 0 Å². The van der Waals surface area contributed by atoms with Gasteiger partial charge < -0.3 is 15.2 Å². The Hall–Kier alpha value is -0.160. The molecule has 0 bridgehead atoms. The van der Waals surface area contributed by atoms with Crippen LogP contribution in [0.3, 0.4) is 0 Å². The third-order valence-electron chi connectivity index (χ3n) is 3.55. The van der Waals surface area contributed by atoms with E-state index in [2.05, 4.69) is 31.0 Å². The Balaban J connectivity index is 1.87. The van der Waals surface area contributed by atoms with Gasteiger partial charge >= 0.3 is 0 Å². The molecule has 1 saturated heterocycles. The molecule has 1 heterocycles. The fourth-order valence-electron chi connectivity index (χ4n) is 2.77. The summed E-state index contributed by atoms with van der Waals surface area (Å²) < 4.78 is 5.73. The van der Waals surface area contributed by atoms with E-state index in [0.29, 0.717) is 18.2 Å². The van der Waals surface area contributed by atoms with Crippen LogP contribution in [0.2, 0.25) is 0 Å². The lowest BCUT2D eigenvalue weighted by atomic mass is 10.0. The maximum atomic E-state index is 9.60. The van der Waals surface area contributed by atoms with Gasteiger partial charge in [0.15, 0.2) is 0 Å². The summed E-state index contributed by atoms with van der Waals surface area (Å²) in [6, 6.07) is 0.628. The SMILES string of the molecule is CC1CN(CC(C)(CO)NC2CC2)CC(C)O1. The van der Waals surface area contributed by atoms with Gasteiger partial charge in [-0.05, 0) is 33.6 Å². The molecule has 2 rings (SSSR count). The lowest BCUT2D eigenvalue weighted by molar-refractivity contribution is -0.0757. The molecule has 0 aromatic rings. The number of nitrogens with zero attached hydrogens (tertiary/aromatic N) is 1. The minimum absolute atomic E-state index is 0.169. The molecule has 1 saturated carbocycles. The molecule has 3 unspecified atom stereocenters. The van der Waals surface area contributed by atoms with Gasteiger partial charge in [0.05, 0.1) is 24.4 Å². The van der Waals surface area contributed by atoms with Crippen LogP contribution in [0, 0.1) is 0 Å². The van der Waals surface area contributed by atoms with E-state index in [9.17, 15) is 5.11 Å². The molecule has 1 aliphatic heterocycles. The Morgan fingerprint density at radius 3 is 2.35 bits per heavy atom. The zero-order valence-electron chi connectivity index (χ0n) is 11.3. The number of rotatable bonds is 5. The van der Waals surface area contributed by atoms with Gasteiger partial charge in [-0.2, -0.15) is 0 Å². The van der Waals surface area contributed by atoms with Crippen molar-refractivity contribution in [3.05, 3.63) is 0 Å². The highest BCUT2D eigenvalue weighted by Gasteiger charge is 2.35. The summed E-state index contributed by atoms with van der Waals surface area (Å²) >= 11 is 0. The lowest BCUT2D eigenvalue weighted by Gasteiger charge is -2.41. The van der Waals surface area contributed by atoms with Crippen LogP contribution in [0.1, 0.15) is 33.6 Å². The zero-order valence-corrected chi connectivity index (χ0v) is 11.3. The maximum absolute atomic E-state index is 9.60. The average Bonchev–Trinajstić information content (AvgIpc) is 2.99. The number of nitrogens with one attached hydrogen (secondary N) is 1. The second kappa shape index (κ2) is 5.22. The number of hydrogen-bond donors (Lipinski definition) is 2. The van der Waals surface area contributed by atoms with Crippen molar-refractivity contribution in [2.45, 2.75) is 57.4 Å². The van der Waals surface area contributed by atoms with Gasteiger partial charge in [0.25, 0.3) is 0 Å². The van der Waals surface area contributed by atoms with Crippen molar-refractivity contribution in [3.8, 4) is 0 Å². The molecule has 100 valence electrons. The predicted octanol–water partition coefficient (Wildman–Crippen LogP) is 0.599. The maximum Gasteiger partial charge on any atom is 0.0678 e. The number of hydrogen-bond acceptors (Lipinski definition) is 4. The summed E-state index contributed by atoms with van der Waals surface area (Å²) in [4.78, 5) is 2.41. The van der Waals surface area contributed by atoms with Crippen LogP contribution in [0.15, 0.2) is 0 Å². The molecule has 3 atom stereocenters. The number of aliphatic hydroxyl groups is 1. The second-order valence-corrected chi connectivity index (χ2v) is 6.09. The van der Waals surface area contributed by atoms with Gasteiger partial charge in [-0.3, -0.25) is 4.90 Å². The summed E-state index contributed by atoms with van der Waals surface area (Å²) in [6.45, 7) is 9.39. The summed E-state index contributed by atoms with van der Waals surface area (Å²) in [5, 5.41) is 13.2. The van der Waals surface area contributed by atoms with Crippen LogP contribution in [-0.2, 0) is 4.74 Å². The third kappa shape index (κ3) is 3.91. The van der Waals surface area contributed by atoms with E-state index in [1.165, 1.54) is 12.8 Å². The summed E-state index contributed by atoms with van der Waals surface area (Å²) in [5.41, 5.74) is -0.169. The molecule has 0 amide bonds. The van der Waals surface area contributed by atoms with Crippen molar-refractivity contribution in [3.63, 3.8) is 0 Å². The minimum atomic E-state index is -0.169.